The predicted molar refractivity (Wildman–Crippen MR) is 108 cm³/mol. The van der Waals surface area contributed by atoms with E-state index in [0.29, 0.717) is 44.2 Å². The number of hydrogen-bond donors (Lipinski definition) is 2. The lowest BCUT2D eigenvalue weighted by atomic mass is 10.2. The molecule has 0 saturated carbocycles. The second kappa shape index (κ2) is 9.87. The number of carbonyl (C=O) groups excluding carboxylic acids is 3. The van der Waals surface area contributed by atoms with Gasteiger partial charge in [0.15, 0.2) is 5.13 Å². The SMILES string of the molecule is NC(=O)Nc1nc(CCC(=O)N2CCN(C(=O)OCc3ccccc3)CC2)cs1. The number of primary amides is 1. The van der Waals surface area contributed by atoms with E-state index >= 15 is 0 Å². The number of rotatable bonds is 6. The van der Waals surface area contributed by atoms with Gasteiger partial charge < -0.3 is 20.3 Å². The maximum Gasteiger partial charge on any atom is 0.410 e. The molecule has 3 rings (SSSR count). The van der Waals surface area contributed by atoms with Gasteiger partial charge in [0.25, 0.3) is 0 Å². The quantitative estimate of drug-likeness (QED) is 0.746. The fraction of sp³-hybridized carbons (Fsp3) is 0.368. The van der Waals surface area contributed by atoms with Crippen LogP contribution in [0.5, 0.6) is 0 Å². The number of nitrogens with zero attached hydrogens (tertiary/aromatic N) is 3. The van der Waals surface area contributed by atoms with Gasteiger partial charge in [-0.1, -0.05) is 30.3 Å². The number of aryl methyl sites for hydroxylation is 1. The normalized spacial score (nSPS) is 13.8. The summed E-state index contributed by atoms with van der Waals surface area (Å²) < 4.78 is 5.34. The Balaban J connectivity index is 1.38. The van der Waals surface area contributed by atoms with Gasteiger partial charge in [-0.05, 0) is 12.0 Å². The molecule has 154 valence electrons. The number of urea groups is 1. The first-order chi connectivity index (χ1) is 14.0. The van der Waals surface area contributed by atoms with Crippen molar-refractivity contribution in [1.82, 2.24) is 14.8 Å². The molecule has 1 aliphatic heterocycles. The van der Waals surface area contributed by atoms with E-state index < -0.39 is 6.03 Å². The lowest BCUT2D eigenvalue weighted by Crippen LogP contribution is -2.50. The molecule has 4 amide bonds. The van der Waals surface area contributed by atoms with Crippen LogP contribution in [-0.2, 0) is 22.6 Å². The lowest BCUT2D eigenvalue weighted by Gasteiger charge is -2.34. The molecule has 0 aliphatic carbocycles. The van der Waals surface area contributed by atoms with Crippen molar-refractivity contribution in [3.8, 4) is 0 Å². The number of nitrogens with two attached hydrogens (primary N) is 1. The van der Waals surface area contributed by atoms with Crippen molar-refractivity contribution in [2.24, 2.45) is 5.73 Å². The van der Waals surface area contributed by atoms with Crippen LogP contribution in [0.3, 0.4) is 0 Å². The Bertz CT molecular complexity index is 849. The molecule has 1 aromatic carbocycles. The standard InChI is InChI=1S/C19H23N5O4S/c20-17(26)22-18-21-15(13-29-18)6-7-16(25)23-8-10-24(11-9-23)19(27)28-12-14-4-2-1-3-5-14/h1-5,13H,6-12H2,(H3,20,21,22,26). The Hall–Kier alpha value is -3.14. The molecule has 29 heavy (non-hydrogen) atoms. The van der Waals surface area contributed by atoms with Crippen molar-refractivity contribution in [3.05, 3.63) is 47.0 Å². The van der Waals surface area contributed by atoms with Crippen molar-refractivity contribution in [2.45, 2.75) is 19.4 Å². The molecule has 0 bridgehead atoms. The Morgan fingerprint density at radius 2 is 1.79 bits per heavy atom. The molecular formula is C19H23N5O4S. The van der Waals surface area contributed by atoms with E-state index in [1.807, 2.05) is 30.3 Å². The van der Waals surface area contributed by atoms with E-state index in [-0.39, 0.29) is 18.6 Å². The topological polar surface area (TPSA) is 118 Å². The first-order valence-electron chi connectivity index (χ1n) is 9.25. The summed E-state index contributed by atoms with van der Waals surface area (Å²) in [4.78, 5) is 43.0. The molecule has 1 aliphatic rings. The highest BCUT2D eigenvalue weighted by molar-refractivity contribution is 7.13. The number of nitrogens with one attached hydrogen (secondary N) is 1. The van der Waals surface area contributed by atoms with Crippen molar-refractivity contribution < 1.29 is 19.1 Å². The summed E-state index contributed by atoms with van der Waals surface area (Å²) in [6.07, 6.45) is 0.436. The zero-order chi connectivity index (χ0) is 20.6. The Kier molecular flexibility index (Phi) is 7.01. The highest BCUT2D eigenvalue weighted by Crippen LogP contribution is 2.17. The van der Waals surface area contributed by atoms with Crippen molar-refractivity contribution in [3.63, 3.8) is 0 Å². The summed E-state index contributed by atoms with van der Waals surface area (Å²) in [5, 5.41) is 4.62. The minimum Gasteiger partial charge on any atom is -0.445 e. The van der Waals surface area contributed by atoms with Crippen molar-refractivity contribution in [2.75, 3.05) is 31.5 Å². The van der Waals surface area contributed by atoms with E-state index in [0.717, 1.165) is 11.3 Å². The van der Waals surface area contributed by atoms with Gasteiger partial charge in [0.05, 0.1) is 5.69 Å². The minimum absolute atomic E-state index is 0.0136. The van der Waals surface area contributed by atoms with E-state index in [9.17, 15) is 14.4 Å². The van der Waals surface area contributed by atoms with Gasteiger partial charge >= 0.3 is 12.1 Å². The molecular weight excluding hydrogens is 394 g/mol. The molecule has 0 radical (unpaired) electrons. The molecule has 10 heteroatoms. The van der Waals surface area contributed by atoms with E-state index in [1.54, 1.807) is 15.2 Å². The third kappa shape index (κ3) is 6.18. The molecule has 2 aromatic rings. The van der Waals surface area contributed by atoms with Gasteiger partial charge in [-0.15, -0.1) is 11.3 Å². The summed E-state index contributed by atoms with van der Waals surface area (Å²) in [5.41, 5.74) is 6.72. The van der Waals surface area contributed by atoms with E-state index in [2.05, 4.69) is 10.3 Å². The number of amides is 4. The van der Waals surface area contributed by atoms with Crippen LogP contribution in [-0.4, -0.2) is 59.0 Å². The Labute approximate surface area is 172 Å². The minimum atomic E-state index is -0.665. The van der Waals surface area contributed by atoms with Gasteiger partial charge in [-0.2, -0.15) is 0 Å². The van der Waals surface area contributed by atoms with Gasteiger partial charge in [0.2, 0.25) is 5.91 Å². The van der Waals surface area contributed by atoms with Crippen molar-refractivity contribution in [1.29, 1.82) is 0 Å². The molecule has 1 saturated heterocycles. The maximum atomic E-state index is 12.4. The average molecular weight is 417 g/mol. The molecule has 0 spiro atoms. The first kappa shape index (κ1) is 20.6. The van der Waals surface area contributed by atoms with E-state index in [1.165, 1.54) is 11.3 Å². The van der Waals surface area contributed by atoms with Gasteiger partial charge in [-0.3, -0.25) is 10.1 Å². The predicted octanol–water partition coefficient (Wildman–Crippen LogP) is 2.05. The van der Waals surface area contributed by atoms with Crippen LogP contribution in [0.25, 0.3) is 0 Å². The van der Waals surface area contributed by atoms with Crippen LogP contribution < -0.4 is 11.1 Å². The average Bonchev–Trinajstić information content (AvgIpc) is 3.17. The molecule has 1 fully saturated rings. The summed E-state index contributed by atoms with van der Waals surface area (Å²) in [6, 6.07) is 8.84. The van der Waals surface area contributed by atoms with Crippen LogP contribution >= 0.6 is 11.3 Å². The van der Waals surface area contributed by atoms with E-state index in [4.69, 9.17) is 10.5 Å². The summed E-state index contributed by atoms with van der Waals surface area (Å²) in [6.45, 7) is 2.08. The van der Waals surface area contributed by atoms with Crippen LogP contribution in [0.4, 0.5) is 14.7 Å². The third-order valence-corrected chi connectivity index (χ3v) is 5.28. The summed E-state index contributed by atoms with van der Waals surface area (Å²) in [7, 11) is 0. The van der Waals surface area contributed by atoms with Gasteiger partial charge in [0, 0.05) is 38.0 Å². The Morgan fingerprint density at radius 1 is 1.10 bits per heavy atom. The molecule has 0 unspecified atom stereocenters. The molecule has 2 heterocycles. The van der Waals surface area contributed by atoms with Crippen LogP contribution in [0.2, 0.25) is 0 Å². The van der Waals surface area contributed by atoms with Gasteiger partial charge in [-0.25, -0.2) is 14.6 Å². The number of ether oxygens (including phenoxy) is 1. The number of aromatic nitrogens is 1. The summed E-state index contributed by atoms with van der Waals surface area (Å²) >= 11 is 1.27. The van der Waals surface area contributed by atoms with Crippen LogP contribution in [0.1, 0.15) is 17.7 Å². The number of hydrogen-bond acceptors (Lipinski definition) is 6. The molecule has 1 aromatic heterocycles. The highest BCUT2D eigenvalue weighted by atomic mass is 32.1. The smallest absolute Gasteiger partial charge is 0.410 e. The molecule has 3 N–H and O–H groups in total. The maximum absolute atomic E-state index is 12.4. The Morgan fingerprint density at radius 3 is 2.48 bits per heavy atom. The number of anilines is 1. The number of piperazine rings is 1. The lowest BCUT2D eigenvalue weighted by molar-refractivity contribution is -0.132. The zero-order valence-corrected chi connectivity index (χ0v) is 16.7. The fourth-order valence-electron chi connectivity index (χ4n) is 2.93. The van der Waals surface area contributed by atoms with Crippen LogP contribution in [0.15, 0.2) is 35.7 Å². The number of carbonyl (C=O) groups is 3. The second-order valence-corrected chi connectivity index (χ2v) is 7.40. The summed E-state index contributed by atoms with van der Waals surface area (Å²) in [5.74, 6) is 0.0136. The van der Waals surface area contributed by atoms with Crippen molar-refractivity contribution >= 4 is 34.5 Å². The number of benzene rings is 1. The first-order valence-corrected chi connectivity index (χ1v) is 10.1. The largest absolute Gasteiger partial charge is 0.445 e. The monoisotopic (exact) mass is 417 g/mol. The van der Waals surface area contributed by atoms with Crippen LogP contribution in [0, 0.1) is 0 Å². The molecule has 9 nitrogen and oxygen atoms in total. The third-order valence-electron chi connectivity index (χ3n) is 4.47. The van der Waals surface area contributed by atoms with Gasteiger partial charge in [0.1, 0.15) is 6.61 Å². The molecule has 0 atom stereocenters. The fourth-order valence-corrected chi connectivity index (χ4v) is 3.67. The number of thiazole rings is 1. The second-order valence-electron chi connectivity index (χ2n) is 6.54. The highest BCUT2D eigenvalue weighted by Gasteiger charge is 2.25. The zero-order valence-electron chi connectivity index (χ0n) is 15.9.